The number of benzene rings is 1. The molecule has 0 bridgehead atoms. The van der Waals surface area contributed by atoms with Crippen LogP contribution in [-0.2, 0) is 10.8 Å². The zero-order valence-electron chi connectivity index (χ0n) is 9.40. The van der Waals surface area contributed by atoms with E-state index < -0.39 is 10.8 Å². The minimum atomic E-state index is -0.951. The van der Waals surface area contributed by atoms with Crippen molar-refractivity contribution in [1.82, 2.24) is 0 Å². The molecule has 0 aromatic heterocycles. The first-order chi connectivity index (χ1) is 7.65. The molecular weight excluding hydrogens is 218 g/mol. The van der Waals surface area contributed by atoms with Gasteiger partial charge in [-0.2, -0.15) is 5.26 Å². The minimum absolute atomic E-state index is 0.0600. The first-order valence-electron chi connectivity index (χ1n) is 5.47. The standard InChI is InChI=1S/C13H15NOS/c1-11-2-4-12(5-3-11)16(15)10-13(6-7-13)8-9-14/h2-5H,6-8,10H2,1H3. The van der Waals surface area contributed by atoms with Gasteiger partial charge in [-0.3, -0.25) is 4.21 Å². The summed E-state index contributed by atoms with van der Waals surface area (Å²) in [6.07, 6.45) is 2.65. The van der Waals surface area contributed by atoms with Gasteiger partial charge in [-0.25, -0.2) is 0 Å². The Morgan fingerprint density at radius 3 is 2.50 bits per heavy atom. The molecule has 1 fully saturated rings. The molecule has 0 aliphatic heterocycles. The molecule has 0 spiro atoms. The molecule has 0 heterocycles. The van der Waals surface area contributed by atoms with Crippen LogP contribution in [-0.4, -0.2) is 9.96 Å². The molecule has 0 amide bonds. The Labute approximate surface area is 98.7 Å². The molecule has 1 atom stereocenters. The largest absolute Gasteiger partial charge is 0.254 e. The topological polar surface area (TPSA) is 40.9 Å². The minimum Gasteiger partial charge on any atom is -0.254 e. The highest BCUT2D eigenvalue weighted by molar-refractivity contribution is 7.85. The van der Waals surface area contributed by atoms with Gasteiger partial charge in [0.2, 0.25) is 0 Å². The second kappa shape index (κ2) is 4.39. The predicted octanol–water partition coefficient (Wildman–Crippen LogP) is 2.80. The van der Waals surface area contributed by atoms with E-state index in [-0.39, 0.29) is 5.41 Å². The fourth-order valence-electron chi connectivity index (χ4n) is 1.77. The van der Waals surface area contributed by atoms with Crippen LogP contribution in [0, 0.1) is 23.7 Å². The van der Waals surface area contributed by atoms with Crippen molar-refractivity contribution in [3.05, 3.63) is 29.8 Å². The van der Waals surface area contributed by atoms with Crippen LogP contribution in [0.25, 0.3) is 0 Å². The van der Waals surface area contributed by atoms with E-state index >= 15 is 0 Å². The van der Waals surface area contributed by atoms with Gasteiger partial charge < -0.3 is 0 Å². The first kappa shape index (κ1) is 11.3. The summed E-state index contributed by atoms with van der Waals surface area (Å²) in [6, 6.07) is 10.0. The molecule has 2 nitrogen and oxygen atoms in total. The second-order valence-electron chi connectivity index (χ2n) is 4.64. The van der Waals surface area contributed by atoms with Crippen molar-refractivity contribution in [2.75, 3.05) is 5.75 Å². The smallest absolute Gasteiger partial charge is 0.0627 e. The van der Waals surface area contributed by atoms with Gasteiger partial charge in [0.05, 0.1) is 16.9 Å². The van der Waals surface area contributed by atoms with Gasteiger partial charge in [0.15, 0.2) is 0 Å². The van der Waals surface area contributed by atoms with Crippen LogP contribution < -0.4 is 0 Å². The van der Waals surface area contributed by atoms with E-state index in [9.17, 15) is 4.21 Å². The van der Waals surface area contributed by atoms with Gasteiger partial charge in [-0.1, -0.05) is 17.7 Å². The highest BCUT2D eigenvalue weighted by Gasteiger charge is 2.43. The van der Waals surface area contributed by atoms with Gasteiger partial charge in [-0.05, 0) is 37.3 Å². The van der Waals surface area contributed by atoms with Gasteiger partial charge in [-0.15, -0.1) is 0 Å². The van der Waals surface area contributed by atoms with Crippen molar-refractivity contribution >= 4 is 10.8 Å². The Morgan fingerprint density at radius 2 is 2.00 bits per heavy atom. The lowest BCUT2D eigenvalue weighted by atomic mass is 10.1. The summed E-state index contributed by atoms with van der Waals surface area (Å²) in [4.78, 5) is 0.884. The summed E-state index contributed by atoms with van der Waals surface area (Å²) in [7, 11) is -0.951. The SMILES string of the molecule is Cc1ccc(S(=O)CC2(CC#N)CC2)cc1. The van der Waals surface area contributed by atoms with Crippen LogP contribution in [0.2, 0.25) is 0 Å². The van der Waals surface area contributed by atoms with Crippen molar-refractivity contribution < 1.29 is 4.21 Å². The number of hydrogen-bond acceptors (Lipinski definition) is 2. The van der Waals surface area contributed by atoms with E-state index in [4.69, 9.17) is 5.26 Å². The fraction of sp³-hybridized carbons (Fsp3) is 0.462. The quantitative estimate of drug-likeness (QED) is 0.802. The summed E-state index contributed by atoms with van der Waals surface area (Å²) < 4.78 is 12.1. The monoisotopic (exact) mass is 233 g/mol. The van der Waals surface area contributed by atoms with Crippen LogP contribution in [0.4, 0.5) is 0 Å². The molecule has 1 unspecified atom stereocenters. The van der Waals surface area contributed by atoms with Crippen LogP contribution in [0.1, 0.15) is 24.8 Å². The van der Waals surface area contributed by atoms with Crippen molar-refractivity contribution in [3.8, 4) is 6.07 Å². The molecule has 16 heavy (non-hydrogen) atoms. The van der Waals surface area contributed by atoms with Gasteiger partial charge in [0.25, 0.3) is 0 Å². The zero-order chi connectivity index (χ0) is 11.6. The number of aryl methyl sites for hydroxylation is 1. The molecule has 3 heteroatoms. The molecule has 1 aromatic rings. The van der Waals surface area contributed by atoms with Crippen molar-refractivity contribution in [2.45, 2.75) is 31.1 Å². The average Bonchev–Trinajstić information content (AvgIpc) is 2.99. The molecule has 1 aromatic carbocycles. The van der Waals surface area contributed by atoms with Crippen LogP contribution in [0.3, 0.4) is 0 Å². The maximum atomic E-state index is 12.1. The van der Waals surface area contributed by atoms with E-state index in [0.717, 1.165) is 17.7 Å². The fourth-order valence-corrected chi connectivity index (χ4v) is 3.32. The molecule has 0 saturated heterocycles. The Hall–Kier alpha value is -1.14. The normalized spacial score (nSPS) is 18.8. The second-order valence-corrected chi connectivity index (χ2v) is 6.09. The van der Waals surface area contributed by atoms with Crippen LogP contribution in [0.15, 0.2) is 29.2 Å². The number of nitrogens with zero attached hydrogens (tertiary/aromatic N) is 1. The summed E-state index contributed by atoms with van der Waals surface area (Å²) in [5.74, 6) is 0.642. The third-order valence-corrected chi connectivity index (χ3v) is 4.80. The first-order valence-corrected chi connectivity index (χ1v) is 6.79. The van der Waals surface area contributed by atoms with Gasteiger partial charge >= 0.3 is 0 Å². The van der Waals surface area contributed by atoms with E-state index in [1.54, 1.807) is 0 Å². The third-order valence-electron chi connectivity index (χ3n) is 3.13. The lowest BCUT2D eigenvalue weighted by Crippen LogP contribution is -2.11. The van der Waals surface area contributed by atoms with E-state index in [2.05, 4.69) is 6.07 Å². The van der Waals surface area contributed by atoms with E-state index in [0.29, 0.717) is 12.2 Å². The maximum Gasteiger partial charge on any atom is 0.0627 e. The van der Waals surface area contributed by atoms with Gasteiger partial charge in [0, 0.05) is 17.1 Å². The Morgan fingerprint density at radius 1 is 1.38 bits per heavy atom. The van der Waals surface area contributed by atoms with Crippen molar-refractivity contribution in [1.29, 1.82) is 5.26 Å². The summed E-state index contributed by atoms with van der Waals surface area (Å²) in [5, 5.41) is 8.71. The molecule has 0 radical (unpaired) electrons. The Bertz CT molecular complexity index is 440. The molecule has 2 rings (SSSR count). The summed E-state index contributed by atoms with van der Waals surface area (Å²) in [6.45, 7) is 2.02. The predicted molar refractivity (Wildman–Crippen MR) is 64.4 cm³/mol. The lowest BCUT2D eigenvalue weighted by molar-refractivity contribution is 0.587. The molecule has 84 valence electrons. The van der Waals surface area contributed by atoms with Gasteiger partial charge in [0.1, 0.15) is 0 Å². The highest BCUT2D eigenvalue weighted by Crippen LogP contribution is 2.49. The van der Waals surface area contributed by atoms with Crippen LogP contribution >= 0.6 is 0 Å². The highest BCUT2D eigenvalue weighted by atomic mass is 32.2. The third kappa shape index (κ3) is 2.51. The van der Waals surface area contributed by atoms with Crippen LogP contribution in [0.5, 0.6) is 0 Å². The summed E-state index contributed by atoms with van der Waals surface area (Å²) in [5.41, 5.74) is 1.24. The molecule has 1 aliphatic carbocycles. The molecule has 1 saturated carbocycles. The summed E-state index contributed by atoms with van der Waals surface area (Å²) >= 11 is 0. The maximum absolute atomic E-state index is 12.1. The zero-order valence-corrected chi connectivity index (χ0v) is 10.2. The Balaban J connectivity index is 2.04. The lowest BCUT2D eigenvalue weighted by Gasteiger charge is -2.10. The van der Waals surface area contributed by atoms with Crippen molar-refractivity contribution in [2.24, 2.45) is 5.41 Å². The molecule has 0 N–H and O–H groups in total. The van der Waals surface area contributed by atoms with E-state index in [1.165, 1.54) is 5.56 Å². The van der Waals surface area contributed by atoms with Crippen molar-refractivity contribution in [3.63, 3.8) is 0 Å². The van der Waals surface area contributed by atoms with E-state index in [1.807, 2.05) is 31.2 Å². The number of hydrogen-bond donors (Lipinski definition) is 0. The number of nitriles is 1. The average molecular weight is 233 g/mol. The molecule has 1 aliphatic rings. The number of rotatable bonds is 4. The molecular formula is C13H15NOS. The Kier molecular flexibility index (Phi) is 3.11.